The van der Waals surface area contributed by atoms with Crippen molar-refractivity contribution in [3.63, 3.8) is 0 Å². The average Bonchev–Trinajstić information content (AvgIpc) is 2.92. The topological polar surface area (TPSA) is 101 Å². The number of ketones is 2. The number of unbranched alkanes of at least 4 members (excludes halogenated alkanes) is 4. The molecule has 0 aromatic carbocycles. The zero-order valence-corrected chi connectivity index (χ0v) is 17.5. The molecule has 6 heteroatoms. The van der Waals surface area contributed by atoms with Crippen LogP contribution in [0.25, 0.3) is 0 Å². The lowest BCUT2D eigenvalue weighted by atomic mass is 9.86. The number of hydrogen-bond acceptors (Lipinski definition) is 6. The number of rotatable bonds is 13. The molecule has 1 rings (SSSR count). The average molecular weight is 397 g/mol. The Bertz CT molecular complexity index is 551. The maximum atomic E-state index is 12.6. The Morgan fingerprint density at radius 1 is 1.18 bits per heavy atom. The van der Waals surface area contributed by atoms with Crippen molar-refractivity contribution in [2.75, 3.05) is 7.11 Å². The summed E-state index contributed by atoms with van der Waals surface area (Å²) in [4.78, 5) is 35.9. The van der Waals surface area contributed by atoms with Gasteiger partial charge in [-0.1, -0.05) is 44.8 Å². The highest BCUT2D eigenvalue weighted by Gasteiger charge is 2.44. The molecule has 0 aromatic heterocycles. The predicted octanol–water partition coefficient (Wildman–Crippen LogP) is 3.13. The third-order valence-corrected chi connectivity index (χ3v) is 5.43. The summed E-state index contributed by atoms with van der Waals surface area (Å²) in [5.74, 6) is -2.07. The van der Waals surface area contributed by atoms with Crippen LogP contribution in [0.1, 0.15) is 78.1 Å². The van der Waals surface area contributed by atoms with Crippen molar-refractivity contribution in [3.05, 3.63) is 12.2 Å². The minimum absolute atomic E-state index is 0.0221. The van der Waals surface area contributed by atoms with Crippen LogP contribution < -0.4 is 0 Å². The summed E-state index contributed by atoms with van der Waals surface area (Å²) in [6.07, 6.45) is 8.50. The Hall–Kier alpha value is -1.53. The molecular formula is C22H36O6. The molecule has 160 valence electrons. The highest BCUT2D eigenvalue weighted by atomic mass is 16.5. The molecule has 0 radical (unpaired) electrons. The minimum atomic E-state index is -1.01. The van der Waals surface area contributed by atoms with Crippen LogP contribution >= 0.6 is 0 Å². The molecule has 0 aromatic rings. The molecule has 0 unspecified atom stereocenters. The second-order valence-corrected chi connectivity index (χ2v) is 8.07. The van der Waals surface area contributed by atoms with Crippen molar-refractivity contribution in [2.24, 2.45) is 11.8 Å². The van der Waals surface area contributed by atoms with E-state index in [1.165, 1.54) is 7.11 Å². The summed E-state index contributed by atoms with van der Waals surface area (Å²) in [6.45, 7) is 3.80. The predicted molar refractivity (Wildman–Crippen MR) is 107 cm³/mol. The minimum Gasteiger partial charge on any atom is -0.469 e. The van der Waals surface area contributed by atoms with Crippen LogP contribution in [0.3, 0.4) is 0 Å². The first-order valence-electron chi connectivity index (χ1n) is 10.4. The number of Topliss-reactive ketones (excluding diaryl/α,β-unsaturated/α-hetero) is 2. The Morgan fingerprint density at radius 2 is 1.86 bits per heavy atom. The number of hydrogen-bond donors (Lipinski definition) is 2. The van der Waals surface area contributed by atoms with Crippen LogP contribution in [0.4, 0.5) is 0 Å². The van der Waals surface area contributed by atoms with E-state index < -0.39 is 23.5 Å². The van der Waals surface area contributed by atoms with Gasteiger partial charge in [0.05, 0.1) is 24.7 Å². The van der Waals surface area contributed by atoms with Crippen LogP contribution in [-0.2, 0) is 19.1 Å². The van der Waals surface area contributed by atoms with Gasteiger partial charge in [-0.3, -0.25) is 14.4 Å². The fraction of sp³-hybridized carbons (Fsp3) is 0.773. The van der Waals surface area contributed by atoms with Crippen LogP contribution in [0.5, 0.6) is 0 Å². The Balaban J connectivity index is 2.60. The molecule has 28 heavy (non-hydrogen) atoms. The first-order chi connectivity index (χ1) is 13.2. The van der Waals surface area contributed by atoms with Crippen molar-refractivity contribution in [2.45, 2.75) is 89.8 Å². The molecule has 0 amide bonds. The maximum Gasteiger partial charge on any atom is 0.305 e. The van der Waals surface area contributed by atoms with E-state index >= 15 is 0 Å². The zero-order chi connectivity index (χ0) is 21.2. The molecule has 0 saturated heterocycles. The summed E-state index contributed by atoms with van der Waals surface area (Å²) in [7, 11) is 1.34. The number of carbonyl (C=O) groups is 3. The lowest BCUT2D eigenvalue weighted by Crippen LogP contribution is -2.28. The number of esters is 1. The highest BCUT2D eigenvalue weighted by molar-refractivity contribution is 6.04. The van der Waals surface area contributed by atoms with Crippen molar-refractivity contribution in [1.82, 2.24) is 0 Å². The quantitative estimate of drug-likeness (QED) is 0.215. The third kappa shape index (κ3) is 8.23. The van der Waals surface area contributed by atoms with E-state index in [0.717, 1.165) is 19.3 Å². The van der Waals surface area contributed by atoms with E-state index in [1.54, 1.807) is 19.1 Å². The largest absolute Gasteiger partial charge is 0.469 e. The molecule has 1 aliphatic rings. The molecule has 2 N–H and O–H groups in total. The third-order valence-electron chi connectivity index (χ3n) is 5.43. The summed E-state index contributed by atoms with van der Waals surface area (Å²) in [5.41, 5.74) is -1.01. The number of carbonyl (C=O) groups excluding carboxylic acids is 3. The van der Waals surface area contributed by atoms with Gasteiger partial charge in [0.1, 0.15) is 11.6 Å². The van der Waals surface area contributed by atoms with E-state index in [9.17, 15) is 24.6 Å². The van der Waals surface area contributed by atoms with Crippen LogP contribution in [0.2, 0.25) is 0 Å². The van der Waals surface area contributed by atoms with Gasteiger partial charge in [0.2, 0.25) is 0 Å². The number of methoxy groups -OCH3 is 1. The summed E-state index contributed by atoms with van der Waals surface area (Å²) >= 11 is 0. The van der Waals surface area contributed by atoms with Gasteiger partial charge in [0.15, 0.2) is 0 Å². The molecular weight excluding hydrogens is 360 g/mol. The summed E-state index contributed by atoms with van der Waals surface area (Å²) < 4.78 is 4.58. The van der Waals surface area contributed by atoms with Gasteiger partial charge in [-0.15, -0.1) is 0 Å². The second kappa shape index (κ2) is 12.1. The van der Waals surface area contributed by atoms with Gasteiger partial charge in [-0.2, -0.15) is 0 Å². The molecule has 1 aliphatic carbocycles. The molecule has 1 saturated carbocycles. The van der Waals surface area contributed by atoms with E-state index in [-0.39, 0.29) is 30.4 Å². The molecule has 0 heterocycles. The second-order valence-electron chi connectivity index (χ2n) is 8.07. The van der Waals surface area contributed by atoms with Crippen molar-refractivity contribution >= 4 is 17.5 Å². The van der Waals surface area contributed by atoms with Gasteiger partial charge >= 0.3 is 5.97 Å². The van der Waals surface area contributed by atoms with Crippen LogP contribution in [-0.4, -0.2) is 46.6 Å². The molecule has 0 spiro atoms. The van der Waals surface area contributed by atoms with Crippen molar-refractivity contribution in [1.29, 1.82) is 0 Å². The van der Waals surface area contributed by atoms with Crippen molar-refractivity contribution in [3.8, 4) is 0 Å². The number of ether oxygens (including phenoxy) is 1. The molecule has 6 nitrogen and oxygen atoms in total. The molecule has 0 bridgehead atoms. The van der Waals surface area contributed by atoms with E-state index in [1.807, 2.05) is 0 Å². The van der Waals surface area contributed by atoms with Crippen LogP contribution in [0, 0.1) is 11.8 Å². The Morgan fingerprint density at radius 3 is 2.50 bits per heavy atom. The molecule has 0 aliphatic heterocycles. The Labute approximate surface area is 168 Å². The maximum absolute atomic E-state index is 12.6. The highest BCUT2D eigenvalue weighted by Crippen LogP contribution is 2.33. The van der Waals surface area contributed by atoms with Gasteiger partial charge in [-0.05, 0) is 26.2 Å². The zero-order valence-electron chi connectivity index (χ0n) is 17.5. The fourth-order valence-electron chi connectivity index (χ4n) is 3.68. The van der Waals surface area contributed by atoms with Crippen LogP contribution in [0.15, 0.2) is 12.2 Å². The van der Waals surface area contributed by atoms with Gasteiger partial charge in [0, 0.05) is 25.2 Å². The first-order valence-corrected chi connectivity index (χ1v) is 10.4. The first kappa shape index (κ1) is 24.5. The molecule has 4 atom stereocenters. The summed E-state index contributed by atoms with van der Waals surface area (Å²) in [5, 5.41) is 20.7. The normalized spacial score (nSPS) is 24.5. The van der Waals surface area contributed by atoms with E-state index in [2.05, 4.69) is 11.7 Å². The van der Waals surface area contributed by atoms with Crippen molar-refractivity contribution < 1.29 is 29.3 Å². The lowest BCUT2D eigenvalue weighted by molar-refractivity contribution is -0.140. The fourth-order valence-corrected chi connectivity index (χ4v) is 3.68. The molecule has 1 fully saturated rings. The standard InChI is InChI=1S/C22H36O6/c1-4-5-9-13-22(2,27)14-12-16-18(24)15-19(25)21(16)17(23)10-7-6-8-11-20(26)28-3/h12,14,16,18,21,24,27H,4-11,13,15H2,1-3H3/t16-,18+,21-,22-/m0/s1. The summed E-state index contributed by atoms with van der Waals surface area (Å²) in [6, 6.07) is 0. The number of aliphatic hydroxyl groups excluding tert-OH is 1. The lowest BCUT2D eigenvalue weighted by Gasteiger charge is -2.22. The smallest absolute Gasteiger partial charge is 0.305 e. The monoisotopic (exact) mass is 396 g/mol. The van der Waals surface area contributed by atoms with Gasteiger partial charge in [-0.25, -0.2) is 0 Å². The SMILES string of the molecule is CCCCC[C@](C)(O)C=C[C@@H]1[C@@H](C(=O)CCCCCC(=O)OC)C(=O)C[C@H]1O. The van der Waals surface area contributed by atoms with Gasteiger partial charge < -0.3 is 14.9 Å². The van der Waals surface area contributed by atoms with E-state index in [0.29, 0.717) is 32.1 Å². The van der Waals surface area contributed by atoms with Gasteiger partial charge in [0.25, 0.3) is 0 Å². The number of aliphatic hydroxyl groups is 2. The van der Waals surface area contributed by atoms with E-state index in [4.69, 9.17) is 0 Å². The Kier molecular flexibility index (Phi) is 10.6.